The molecule has 0 unspecified atom stereocenters. The SMILES string of the molecule is C=CCOc1c(F)cc(C2=CC3(CCN(CC(=O)O)CC3)Oc3ccccc32)cc1F.Cl. The number of carbonyl (C=O) groups is 1. The Morgan fingerprint density at radius 1 is 1.22 bits per heavy atom. The Morgan fingerprint density at radius 3 is 2.50 bits per heavy atom. The number of hydrogen-bond acceptors (Lipinski definition) is 4. The molecule has 0 saturated carbocycles. The summed E-state index contributed by atoms with van der Waals surface area (Å²) in [4.78, 5) is 12.9. The molecule has 1 spiro atoms. The number of aliphatic carboxylic acids is 1. The Balaban J connectivity index is 0.00000289. The number of piperidine rings is 1. The van der Waals surface area contributed by atoms with Crippen molar-refractivity contribution in [2.75, 3.05) is 26.2 Å². The molecular formula is C24H24ClF2NO4. The second-order valence-corrected chi connectivity index (χ2v) is 7.76. The highest BCUT2D eigenvalue weighted by Gasteiger charge is 2.39. The van der Waals surface area contributed by atoms with Crippen LogP contribution in [0.4, 0.5) is 8.78 Å². The molecule has 0 atom stereocenters. The third-order valence-corrected chi connectivity index (χ3v) is 5.61. The van der Waals surface area contributed by atoms with E-state index >= 15 is 0 Å². The molecule has 2 aliphatic heterocycles. The molecule has 2 aromatic carbocycles. The van der Waals surface area contributed by atoms with E-state index < -0.39 is 29.0 Å². The van der Waals surface area contributed by atoms with Gasteiger partial charge in [-0.3, -0.25) is 9.69 Å². The molecule has 2 aromatic rings. The Labute approximate surface area is 191 Å². The number of halogens is 3. The first-order valence-electron chi connectivity index (χ1n) is 10.1. The lowest BCUT2D eigenvalue weighted by Gasteiger charge is -2.42. The molecule has 0 bridgehead atoms. The van der Waals surface area contributed by atoms with Gasteiger partial charge in [0.1, 0.15) is 18.0 Å². The molecule has 5 nitrogen and oxygen atoms in total. The van der Waals surface area contributed by atoms with Crippen molar-refractivity contribution >= 4 is 23.9 Å². The molecule has 2 heterocycles. The highest BCUT2D eigenvalue weighted by molar-refractivity contribution is 5.85. The number of likely N-dealkylation sites (tertiary alicyclic amines) is 1. The quantitative estimate of drug-likeness (QED) is 0.629. The van der Waals surface area contributed by atoms with Gasteiger partial charge in [-0.2, -0.15) is 0 Å². The second kappa shape index (κ2) is 9.71. The fourth-order valence-corrected chi connectivity index (χ4v) is 4.13. The number of carboxylic acid groups (broad SMARTS) is 1. The zero-order valence-corrected chi connectivity index (χ0v) is 18.2. The smallest absolute Gasteiger partial charge is 0.317 e. The third-order valence-electron chi connectivity index (χ3n) is 5.61. The van der Waals surface area contributed by atoms with E-state index in [0.29, 0.717) is 42.8 Å². The molecule has 32 heavy (non-hydrogen) atoms. The largest absolute Gasteiger partial charge is 0.483 e. The van der Waals surface area contributed by atoms with Crippen LogP contribution in [0.5, 0.6) is 11.5 Å². The van der Waals surface area contributed by atoms with Gasteiger partial charge in [-0.1, -0.05) is 30.9 Å². The van der Waals surface area contributed by atoms with Crippen LogP contribution in [0, 0.1) is 11.6 Å². The third kappa shape index (κ3) is 4.79. The summed E-state index contributed by atoms with van der Waals surface area (Å²) < 4.78 is 40.7. The maximum atomic E-state index is 14.7. The first-order valence-corrected chi connectivity index (χ1v) is 10.1. The fraction of sp³-hybridized carbons (Fsp3) is 0.292. The molecule has 1 N–H and O–H groups in total. The van der Waals surface area contributed by atoms with Gasteiger partial charge < -0.3 is 14.6 Å². The number of carboxylic acids is 1. The average molecular weight is 464 g/mol. The van der Waals surface area contributed by atoms with E-state index in [1.807, 2.05) is 35.2 Å². The number of ether oxygens (including phenoxy) is 2. The van der Waals surface area contributed by atoms with E-state index in [1.165, 1.54) is 18.2 Å². The van der Waals surface area contributed by atoms with Gasteiger partial charge >= 0.3 is 5.97 Å². The Morgan fingerprint density at radius 2 is 1.88 bits per heavy atom. The van der Waals surface area contributed by atoms with Gasteiger partial charge in [0, 0.05) is 31.5 Å². The van der Waals surface area contributed by atoms with E-state index in [9.17, 15) is 13.6 Å². The standard InChI is InChI=1S/C24H23F2NO4.ClH/c1-2-11-30-23-19(25)12-16(13-20(23)26)18-14-24(31-21-6-4-3-5-17(18)21)7-9-27(10-8-24)15-22(28)29;/h2-6,12-14H,1,7-11,15H2,(H,28,29);1H. The lowest BCUT2D eigenvalue weighted by atomic mass is 9.83. The predicted octanol–water partition coefficient (Wildman–Crippen LogP) is 4.69. The average Bonchev–Trinajstić information content (AvgIpc) is 2.74. The van der Waals surface area contributed by atoms with Crippen LogP contribution < -0.4 is 9.47 Å². The van der Waals surface area contributed by atoms with Crippen LogP contribution in [-0.4, -0.2) is 47.8 Å². The molecule has 1 fully saturated rings. The van der Waals surface area contributed by atoms with E-state index in [4.69, 9.17) is 14.6 Å². The minimum atomic E-state index is -0.869. The summed E-state index contributed by atoms with van der Waals surface area (Å²) in [7, 11) is 0. The molecule has 0 radical (unpaired) electrons. The molecule has 0 amide bonds. The maximum Gasteiger partial charge on any atom is 0.317 e. The zero-order chi connectivity index (χ0) is 22.0. The maximum absolute atomic E-state index is 14.7. The van der Waals surface area contributed by atoms with Crippen LogP contribution in [-0.2, 0) is 4.79 Å². The van der Waals surface area contributed by atoms with Crippen molar-refractivity contribution < 1.29 is 28.2 Å². The monoisotopic (exact) mass is 463 g/mol. The first-order chi connectivity index (χ1) is 14.9. The molecule has 2 aliphatic rings. The molecule has 4 rings (SSSR count). The molecular weight excluding hydrogens is 440 g/mol. The topological polar surface area (TPSA) is 59.0 Å². The zero-order valence-electron chi connectivity index (χ0n) is 17.4. The molecule has 0 aromatic heterocycles. The van der Waals surface area contributed by atoms with Crippen molar-refractivity contribution in [2.45, 2.75) is 18.4 Å². The summed E-state index contributed by atoms with van der Waals surface area (Å²) in [6.07, 6.45) is 4.49. The van der Waals surface area contributed by atoms with Gasteiger partial charge in [0.15, 0.2) is 17.4 Å². The van der Waals surface area contributed by atoms with Gasteiger partial charge in [-0.15, -0.1) is 12.4 Å². The summed E-state index contributed by atoms with van der Waals surface area (Å²) in [5.74, 6) is -2.23. The first kappa shape index (κ1) is 23.8. The second-order valence-electron chi connectivity index (χ2n) is 7.76. The molecule has 0 aliphatic carbocycles. The number of para-hydroxylation sites is 1. The van der Waals surface area contributed by atoms with Gasteiger partial charge in [0.2, 0.25) is 0 Å². The lowest BCUT2D eigenvalue weighted by Crippen LogP contribution is -2.49. The van der Waals surface area contributed by atoms with E-state index in [-0.39, 0.29) is 25.6 Å². The molecule has 8 heteroatoms. The van der Waals surface area contributed by atoms with E-state index in [0.717, 1.165) is 5.56 Å². The van der Waals surface area contributed by atoms with Crippen LogP contribution in [0.3, 0.4) is 0 Å². The van der Waals surface area contributed by atoms with Crippen molar-refractivity contribution in [3.8, 4) is 11.5 Å². The van der Waals surface area contributed by atoms with Crippen LogP contribution in [0.2, 0.25) is 0 Å². The van der Waals surface area contributed by atoms with Gasteiger partial charge in [0.25, 0.3) is 0 Å². The van der Waals surface area contributed by atoms with Crippen molar-refractivity contribution in [1.29, 1.82) is 0 Å². The van der Waals surface area contributed by atoms with Crippen molar-refractivity contribution in [3.05, 3.63) is 77.9 Å². The summed E-state index contributed by atoms with van der Waals surface area (Å²) in [6.45, 7) is 4.57. The van der Waals surface area contributed by atoms with E-state index in [2.05, 4.69) is 6.58 Å². The minimum Gasteiger partial charge on any atom is -0.483 e. The van der Waals surface area contributed by atoms with Crippen LogP contribution >= 0.6 is 12.4 Å². The van der Waals surface area contributed by atoms with Crippen molar-refractivity contribution in [1.82, 2.24) is 4.90 Å². The Hall–Kier alpha value is -2.90. The molecule has 1 saturated heterocycles. The number of nitrogens with zero attached hydrogens (tertiary/aromatic N) is 1. The van der Waals surface area contributed by atoms with Crippen molar-refractivity contribution in [2.24, 2.45) is 0 Å². The summed E-state index contributed by atoms with van der Waals surface area (Å²) in [5, 5.41) is 9.05. The summed E-state index contributed by atoms with van der Waals surface area (Å²) >= 11 is 0. The number of benzene rings is 2. The van der Waals surface area contributed by atoms with Crippen LogP contribution in [0.15, 0.2) is 55.1 Å². The van der Waals surface area contributed by atoms with E-state index in [1.54, 1.807) is 0 Å². The predicted molar refractivity (Wildman–Crippen MR) is 119 cm³/mol. The Bertz CT molecular complexity index is 1030. The van der Waals surface area contributed by atoms with Gasteiger partial charge in [0.05, 0.1) is 6.54 Å². The fourth-order valence-electron chi connectivity index (χ4n) is 4.13. The highest BCUT2D eigenvalue weighted by atomic mass is 35.5. The number of fused-ring (bicyclic) bond motifs is 1. The highest BCUT2D eigenvalue weighted by Crippen LogP contribution is 2.44. The lowest BCUT2D eigenvalue weighted by molar-refractivity contribution is -0.139. The normalized spacial score (nSPS) is 16.9. The Kier molecular flexibility index (Phi) is 7.21. The van der Waals surface area contributed by atoms with Crippen LogP contribution in [0.25, 0.3) is 5.57 Å². The summed E-state index contributed by atoms with van der Waals surface area (Å²) in [6, 6.07) is 9.92. The minimum absolute atomic E-state index is 0. The number of hydrogen-bond donors (Lipinski definition) is 1. The van der Waals surface area contributed by atoms with Gasteiger partial charge in [-0.05, 0) is 35.4 Å². The number of rotatable bonds is 6. The van der Waals surface area contributed by atoms with Crippen LogP contribution in [0.1, 0.15) is 24.0 Å². The van der Waals surface area contributed by atoms with Crippen molar-refractivity contribution in [3.63, 3.8) is 0 Å². The summed E-state index contributed by atoms with van der Waals surface area (Å²) in [5.41, 5.74) is 1.16. The van der Waals surface area contributed by atoms with Gasteiger partial charge in [-0.25, -0.2) is 8.78 Å². The molecule has 170 valence electrons.